The SMILES string of the molecule is CCNC(=NCc1ccc(OCCO)c(OC)c1)N1CCN(c2ccccc2)CC1.I. The second-order valence-corrected chi connectivity index (χ2v) is 7.04. The summed E-state index contributed by atoms with van der Waals surface area (Å²) in [6.45, 7) is 7.49. The summed E-state index contributed by atoms with van der Waals surface area (Å²) >= 11 is 0. The highest BCUT2D eigenvalue weighted by molar-refractivity contribution is 14.0. The van der Waals surface area contributed by atoms with Crippen LogP contribution in [0, 0.1) is 0 Å². The minimum absolute atomic E-state index is 0. The van der Waals surface area contributed by atoms with E-state index in [9.17, 15) is 0 Å². The first-order chi connectivity index (χ1) is 14.7. The minimum atomic E-state index is -0.0290. The minimum Gasteiger partial charge on any atom is -0.493 e. The van der Waals surface area contributed by atoms with Crippen LogP contribution in [0.2, 0.25) is 0 Å². The molecule has 0 amide bonds. The topological polar surface area (TPSA) is 69.6 Å². The predicted molar refractivity (Wildman–Crippen MR) is 136 cm³/mol. The van der Waals surface area contributed by atoms with E-state index in [1.165, 1.54) is 5.69 Å². The maximum Gasteiger partial charge on any atom is 0.194 e. The fourth-order valence-electron chi connectivity index (χ4n) is 3.49. The van der Waals surface area contributed by atoms with Crippen molar-refractivity contribution in [2.75, 3.05) is 57.9 Å². The van der Waals surface area contributed by atoms with Crippen LogP contribution >= 0.6 is 24.0 Å². The number of hydrogen-bond acceptors (Lipinski definition) is 5. The molecular weight excluding hydrogens is 507 g/mol. The van der Waals surface area contributed by atoms with Crippen LogP contribution in [0.5, 0.6) is 11.5 Å². The molecule has 0 radical (unpaired) electrons. The Hall–Kier alpha value is -2.20. The molecule has 1 aliphatic heterocycles. The third-order valence-electron chi connectivity index (χ3n) is 5.02. The predicted octanol–water partition coefficient (Wildman–Crippen LogP) is 2.97. The molecule has 0 aromatic heterocycles. The Balaban J connectivity index is 0.00000341. The quantitative estimate of drug-likeness (QED) is 0.305. The van der Waals surface area contributed by atoms with Crippen LogP contribution in [0.25, 0.3) is 0 Å². The molecule has 1 fully saturated rings. The van der Waals surface area contributed by atoms with Gasteiger partial charge in [0.15, 0.2) is 17.5 Å². The Labute approximate surface area is 202 Å². The van der Waals surface area contributed by atoms with Crippen LogP contribution in [-0.4, -0.2) is 69.0 Å². The summed E-state index contributed by atoms with van der Waals surface area (Å²) in [7, 11) is 1.62. The van der Waals surface area contributed by atoms with Crippen LogP contribution in [-0.2, 0) is 6.54 Å². The number of aliphatic hydroxyl groups is 1. The average Bonchev–Trinajstić information content (AvgIpc) is 2.81. The summed E-state index contributed by atoms with van der Waals surface area (Å²) in [5, 5.41) is 12.4. The van der Waals surface area contributed by atoms with Gasteiger partial charge in [-0.2, -0.15) is 0 Å². The fraction of sp³-hybridized carbons (Fsp3) is 0.435. The molecule has 0 unspecified atom stereocenters. The molecule has 1 saturated heterocycles. The van der Waals surface area contributed by atoms with Crippen molar-refractivity contribution in [2.45, 2.75) is 13.5 Å². The van der Waals surface area contributed by atoms with Gasteiger partial charge in [0.05, 0.1) is 20.3 Å². The molecule has 2 aromatic rings. The lowest BCUT2D eigenvalue weighted by Crippen LogP contribution is -2.52. The van der Waals surface area contributed by atoms with Crippen molar-refractivity contribution in [1.82, 2.24) is 10.2 Å². The second kappa shape index (κ2) is 13.3. The first kappa shape index (κ1) is 25.1. The zero-order chi connectivity index (χ0) is 21.2. The summed E-state index contributed by atoms with van der Waals surface area (Å²) in [5.41, 5.74) is 2.32. The summed E-state index contributed by atoms with van der Waals surface area (Å²) < 4.78 is 10.9. The van der Waals surface area contributed by atoms with E-state index < -0.39 is 0 Å². The molecular formula is C23H33IN4O3. The number of para-hydroxylation sites is 1. The lowest BCUT2D eigenvalue weighted by atomic mass is 10.2. The standard InChI is InChI=1S/C23H32N4O3.HI/c1-3-24-23(27-13-11-26(12-14-27)20-7-5-4-6-8-20)25-18-19-9-10-21(30-16-15-28)22(17-19)29-2;/h4-10,17,28H,3,11-16,18H2,1-2H3,(H,24,25);1H. The summed E-state index contributed by atoms with van der Waals surface area (Å²) in [6, 6.07) is 16.3. The van der Waals surface area contributed by atoms with Gasteiger partial charge in [0, 0.05) is 38.4 Å². The molecule has 0 bridgehead atoms. The molecule has 7 nitrogen and oxygen atoms in total. The molecule has 8 heteroatoms. The normalized spacial score (nSPS) is 14.1. The third-order valence-corrected chi connectivity index (χ3v) is 5.02. The van der Waals surface area contributed by atoms with Gasteiger partial charge in [-0.1, -0.05) is 24.3 Å². The maximum atomic E-state index is 8.95. The average molecular weight is 540 g/mol. The van der Waals surface area contributed by atoms with Gasteiger partial charge in [0.2, 0.25) is 0 Å². The molecule has 0 aliphatic carbocycles. The van der Waals surface area contributed by atoms with E-state index in [0.717, 1.165) is 44.2 Å². The zero-order valence-electron chi connectivity index (χ0n) is 18.3. The van der Waals surface area contributed by atoms with Crippen molar-refractivity contribution >= 4 is 35.6 Å². The number of rotatable bonds is 8. The number of aliphatic hydroxyl groups excluding tert-OH is 1. The highest BCUT2D eigenvalue weighted by Crippen LogP contribution is 2.28. The Morgan fingerprint density at radius 2 is 1.81 bits per heavy atom. The van der Waals surface area contributed by atoms with Gasteiger partial charge in [0.1, 0.15) is 6.61 Å². The van der Waals surface area contributed by atoms with Gasteiger partial charge in [-0.25, -0.2) is 4.99 Å². The number of anilines is 1. The number of hydrogen-bond donors (Lipinski definition) is 2. The molecule has 0 atom stereocenters. The lowest BCUT2D eigenvalue weighted by molar-refractivity contribution is 0.196. The van der Waals surface area contributed by atoms with Crippen molar-refractivity contribution in [3.63, 3.8) is 0 Å². The van der Waals surface area contributed by atoms with Crippen LogP contribution in [0.4, 0.5) is 5.69 Å². The zero-order valence-corrected chi connectivity index (χ0v) is 20.6. The van der Waals surface area contributed by atoms with Gasteiger partial charge in [-0.05, 0) is 36.8 Å². The van der Waals surface area contributed by atoms with Crippen molar-refractivity contribution in [3.05, 3.63) is 54.1 Å². The van der Waals surface area contributed by atoms with E-state index in [0.29, 0.717) is 18.0 Å². The molecule has 1 aliphatic rings. The van der Waals surface area contributed by atoms with Gasteiger partial charge in [-0.15, -0.1) is 24.0 Å². The van der Waals surface area contributed by atoms with Crippen LogP contribution < -0.4 is 19.7 Å². The fourth-order valence-corrected chi connectivity index (χ4v) is 3.49. The monoisotopic (exact) mass is 540 g/mol. The highest BCUT2D eigenvalue weighted by atomic mass is 127. The number of piperazine rings is 1. The van der Waals surface area contributed by atoms with Crippen molar-refractivity contribution in [1.29, 1.82) is 0 Å². The first-order valence-electron chi connectivity index (χ1n) is 10.5. The second-order valence-electron chi connectivity index (χ2n) is 7.04. The van der Waals surface area contributed by atoms with E-state index in [1.54, 1.807) is 7.11 Å². The number of ether oxygens (including phenoxy) is 2. The number of methoxy groups -OCH3 is 1. The Kier molecular flexibility index (Phi) is 10.7. The van der Waals surface area contributed by atoms with Crippen molar-refractivity contribution in [2.24, 2.45) is 4.99 Å². The summed E-state index contributed by atoms with van der Waals surface area (Å²) in [5.74, 6) is 2.21. The van der Waals surface area contributed by atoms with Crippen LogP contribution in [0.1, 0.15) is 12.5 Å². The molecule has 0 saturated carbocycles. The van der Waals surface area contributed by atoms with Crippen LogP contribution in [0.3, 0.4) is 0 Å². The number of aliphatic imine (C=N–C) groups is 1. The summed E-state index contributed by atoms with van der Waals surface area (Å²) in [6.07, 6.45) is 0. The molecule has 2 aromatic carbocycles. The highest BCUT2D eigenvalue weighted by Gasteiger charge is 2.19. The molecule has 2 N–H and O–H groups in total. The molecule has 170 valence electrons. The van der Waals surface area contributed by atoms with Gasteiger partial charge in [-0.3, -0.25) is 0 Å². The smallest absolute Gasteiger partial charge is 0.194 e. The Bertz CT molecular complexity index is 812. The van der Waals surface area contributed by atoms with Gasteiger partial charge in [0.25, 0.3) is 0 Å². The summed E-state index contributed by atoms with van der Waals surface area (Å²) in [4.78, 5) is 9.58. The Morgan fingerprint density at radius 3 is 2.45 bits per heavy atom. The van der Waals surface area contributed by atoms with Crippen LogP contribution in [0.15, 0.2) is 53.5 Å². The third kappa shape index (κ3) is 7.17. The Morgan fingerprint density at radius 1 is 1.06 bits per heavy atom. The number of halogens is 1. The number of nitrogens with zero attached hydrogens (tertiary/aromatic N) is 3. The van der Waals surface area contributed by atoms with Crippen molar-refractivity contribution in [3.8, 4) is 11.5 Å². The molecule has 3 rings (SSSR count). The van der Waals surface area contributed by atoms with Crippen molar-refractivity contribution < 1.29 is 14.6 Å². The van der Waals surface area contributed by atoms with E-state index in [4.69, 9.17) is 19.6 Å². The van der Waals surface area contributed by atoms with E-state index >= 15 is 0 Å². The van der Waals surface area contributed by atoms with Gasteiger partial charge >= 0.3 is 0 Å². The molecule has 0 spiro atoms. The number of nitrogens with one attached hydrogen (secondary N) is 1. The number of guanidine groups is 1. The van der Waals surface area contributed by atoms with E-state index in [1.807, 2.05) is 18.2 Å². The lowest BCUT2D eigenvalue weighted by Gasteiger charge is -2.37. The van der Waals surface area contributed by atoms with Gasteiger partial charge < -0.3 is 29.7 Å². The van der Waals surface area contributed by atoms with E-state index in [2.05, 4.69) is 52.4 Å². The molecule has 1 heterocycles. The molecule has 31 heavy (non-hydrogen) atoms. The first-order valence-corrected chi connectivity index (χ1v) is 10.5. The van der Waals surface area contributed by atoms with E-state index in [-0.39, 0.29) is 37.2 Å². The largest absolute Gasteiger partial charge is 0.493 e. The number of benzene rings is 2. The maximum absolute atomic E-state index is 8.95.